The van der Waals surface area contributed by atoms with Gasteiger partial charge in [0.25, 0.3) is 0 Å². The molecular weight excluding hydrogens is 428 g/mol. The molecule has 1 N–H and O–H groups in total. The summed E-state index contributed by atoms with van der Waals surface area (Å²) in [5.41, 5.74) is 1.89. The van der Waals surface area contributed by atoms with Gasteiger partial charge in [-0.2, -0.15) is 0 Å². The molecule has 172 valence electrons. The zero-order chi connectivity index (χ0) is 22.2. The van der Waals surface area contributed by atoms with Crippen LogP contribution in [0, 0.1) is 6.92 Å². The molecule has 0 aliphatic rings. The van der Waals surface area contributed by atoms with Gasteiger partial charge in [0.05, 0.1) is 10.9 Å². The average molecular weight is 471 g/mol. The molecule has 30 heavy (non-hydrogen) atoms. The number of nitrogens with zero attached hydrogens (tertiary/aromatic N) is 1. The molecule has 0 bridgehead atoms. The highest BCUT2D eigenvalue weighted by atomic mass is 32.2. The standard InChI is InChI=1S/C24H42N2OS3/c1-6-8-10-12-13-14-16-20(30-17-15-11-9-7-2)23(27)26-22-21(28-4)18-19(3)25-24(22)29-5/h18,20H,6-17H2,1-5H3,(H,26,27)/t20-/m0/s1. The van der Waals surface area contributed by atoms with Gasteiger partial charge < -0.3 is 5.32 Å². The van der Waals surface area contributed by atoms with E-state index in [0.717, 1.165) is 39.9 Å². The van der Waals surface area contributed by atoms with Crippen molar-refractivity contribution in [1.29, 1.82) is 0 Å². The maximum atomic E-state index is 13.2. The Morgan fingerprint density at radius 3 is 2.23 bits per heavy atom. The van der Waals surface area contributed by atoms with Crippen LogP contribution in [0.3, 0.4) is 0 Å². The molecule has 0 fully saturated rings. The molecule has 1 atom stereocenters. The third-order valence-corrected chi connectivity index (χ3v) is 7.99. The van der Waals surface area contributed by atoms with Crippen molar-refractivity contribution in [2.75, 3.05) is 23.6 Å². The van der Waals surface area contributed by atoms with Gasteiger partial charge in [0, 0.05) is 10.6 Å². The number of hydrogen-bond acceptors (Lipinski definition) is 5. The lowest BCUT2D eigenvalue weighted by atomic mass is 10.1. The molecule has 0 spiro atoms. The Bertz CT molecular complexity index is 585. The summed E-state index contributed by atoms with van der Waals surface area (Å²) in [6.07, 6.45) is 17.7. The molecule has 1 aromatic heterocycles. The maximum Gasteiger partial charge on any atom is 0.237 e. The molecular formula is C24H42N2OS3. The predicted octanol–water partition coefficient (Wildman–Crippen LogP) is 8.21. The first-order valence-corrected chi connectivity index (χ1v) is 15.1. The number of rotatable bonds is 17. The number of thioether (sulfide) groups is 3. The molecule has 0 aliphatic heterocycles. The van der Waals surface area contributed by atoms with Crippen molar-refractivity contribution in [2.24, 2.45) is 0 Å². The summed E-state index contributed by atoms with van der Waals surface area (Å²) in [7, 11) is 0. The number of nitrogens with one attached hydrogen (secondary N) is 1. The number of carbonyl (C=O) groups is 1. The fraction of sp³-hybridized carbons (Fsp3) is 0.750. The monoisotopic (exact) mass is 470 g/mol. The van der Waals surface area contributed by atoms with Crippen molar-refractivity contribution in [3.05, 3.63) is 11.8 Å². The summed E-state index contributed by atoms with van der Waals surface area (Å²) in [5, 5.41) is 4.20. The van der Waals surface area contributed by atoms with E-state index in [1.54, 1.807) is 23.5 Å². The summed E-state index contributed by atoms with van der Waals surface area (Å²) < 4.78 is 0. The van der Waals surface area contributed by atoms with E-state index in [9.17, 15) is 4.79 Å². The van der Waals surface area contributed by atoms with Crippen molar-refractivity contribution in [3.8, 4) is 0 Å². The number of pyridine rings is 1. The van der Waals surface area contributed by atoms with Crippen LogP contribution in [0.25, 0.3) is 0 Å². The van der Waals surface area contributed by atoms with Gasteiger partial charge in [-0.25, -0.2) is 4.98 Å². The van der Waals surface area contributed by atoms with Crippen LogP contribution in [-0.4, -0.2) is 34.4 Å². The van der Waals surface area contributed by atoms with Gasteiger partial charge in [0.15, 0.2) is 0 Å². The Morgan fingerprint density at radius 1 is 0.967 bits per heavy atom. The molecule has 0 saturated carbocycles. The zero-order valence-corrected chi connectivity index (χ0v) is 22.2. The minimum atomic E-state index is 0.0310. The minimum absolute atomic E-state index is 0.0310. The zero-order valence-electron chi connectivity index (χ0n) is 19.7. The van der Waals surface area contributed by atoms with E-state index in [2.05, 4.69) is 36.5 Å². The molecule has 6 heteroatoms. The molecule has 3 nitrogen and oxygen atoms in total. The van der Waals surface area contributed by atoms with Gasteiger partial charge in [-0.15, -0.1) is 35.3 Å². The van der Waals surface area contributed by atoms with Crippen molar-refractivity contribution in [2.45, 2.75) is 107 Å². The topological polar surface area (TPSA) is 42.0 Å². The average Bonchev–Trinajstić information content (AvgIpc) is 2.75. The largest absolute Gasteiger partial charge is 0.322 e. The Hall–Kier alpha value is -0.330. The first kappa shape index (κ1) is 27.7. The third-order valence-electron chi connectivity index (χ3n) is 5.17. The number of hydrogen-bond donors (Lipinski definition) is 1. The first-order chi connectivity index (χ1) is 14.6. The van der Waals surface area contributed by atoms with Crippen LogP contribution in [0.1, 0.15) is 90.2 Å². The van der Waals surface area contributed by atoms with E-state index in [-0.39, 0.29) is 11.2 Å². The Kier molecular flexibility index (Phi) is 15.9. The van der Waals surface area contributed by atoms with Gasteiger partial charge >= 0.3 is 0 Å². The Labute approximate surface area is 198 Å². The van der Waals surface area contributed by atoms with Crippen molar-refractivity contribution < 1.29 is 4.79 Å². The molecule has 1 rings (SSSR count). The summed E-state index contributed by atoms with van der Waals surface area (Å²) in [5.74, 6) is 1.23. The quantitative estimate of drug-likeness (QED) is 0.183. The maximum absolute atomic E-state index is 13.2. The van der Waals surface area contributed by atoms with Gasteiger partial charge in [-0.3, -0.25) is 4.79 Å². The van der Waals surface area contributed by atoms with Crippen LogP contribution >= 0.6 is 35.3 Å². The van der Waals surface area contributed by atoms with E-state index in [1.807, 2.05) is 24.9 Å². The van der Waals surface area contributed by atoms with E-state index in [4.69, 9.17) is 0 Å². The molecule has 0 unspecified atom stereocenters. The Morgan fingerprint density at radius 2 is 1.60 bits per heavy atom. The fourth-order valence-corrected chi connectivity index (χ4v) is 5.90. The molecule has 1 heterocycles. The number of anilines is 1. The summed E-state index contributed by atoms with van der Waals surface area (Å²) in [6.45, 7) is 6.50. The summed E-state index contributed by atoms with van der Waals surface area (Å²) in [6, 6.07) is 2.07. The van der Waals surface area contributed by atoms with Crippen molar-refractivity contribution in [3.63, 3.8) is 0 Å². The second-order valence-electron chi connectivity index (χ2n) is 7.82. The van der Waals surface area contributed by atoms with Crippen LogP contribution in [0.5, 0.6) is 0 Å². The number of carbonyl (C=O) groups excluding carboxylic acids is 1. The smallest absolute Gasteiger partial charge is 0.237 e. The Balaban J connectivity index is 2.75. The summed E-state index contributed by atoms with van der Waals surface area (Å²) in [4.78, 5) is 19.0. The predicted molar refractivity (Wildman–Crippen MR) is 140 cm³/mol. The molecule has 0 aromatic carbocycles. The van der Waals surface area contributed by atoms with E-state index in [0.29, 0.717) is 0 Å². The second kappa shape index (κ2) is 17.3. The lowest BCUT2D eigenvalue weighted by molar-refractivity contribution is -0.115. The first-order valence-electron chi connectivity index (χ1n) is 11.6. The van der Waals surface area contributed by atoms with Crippen LogP contribution in [0.2, 0.25) is 0 Å². The highest BCUT2D eigenvalue weighted by molar-refractivity contribution is 8.00. The van der Waals surface area contributed by atoms with Gasteiger partial charge in [0.2, 0.25) is 5.91 Å². The van der Waals surface area contributed by atoms with Crippen LogP contribution < -0.4 is 5.32 Å². The van der Waals surface area contributed by atoms with Crippen LogP contribution in [0.15, 0.2) is 16.0 Å². The van der Waals surface area contributed by atoms with Crippen LogP contribution in [-0.2, 0) is 4.79 Å². The van der Waals surface area contributed by atoms with Crippen molar-refractivity contribution >= 4 is 46.9 Å². The molecule has 0 radical (unpaired) electrons. The lowest BCUT2D eigenvalue weighted by Crippen LogP contribution is -2.26. The molecule has 0 aliphatic carbocycles. The number of aryl methyl sites for hydroxylation is 1. The van der Waals surface area contributed by atoms with E-state index < -0.39 is 0 Å². The third kappa shape index (κ3) is 10.8. The normalized spacial score (nSPS) is 12.2. The summed E-state index contributed by atoms with van der Waals surface area (Å²) >= 11 is 5.13. The fourth-order valence-electron chi connectivity index (χ4n) is 3.40. The van der Waals surface area contributed by atoms with Gasteiger partial charge in [0.1, 0.15) is 5.03 Å². The highest BCUT2D eigenvalue weighted by Gasteiger charge is 2.21. The second-order valence-corrected chi connectivity index (χ2v) is 10.8. The van der Waals surface area contributed by atoms with Crippen molar-refractivity contribution in [1.82, 2.24) is 4.98 Å². The number of amides is 1. The number of unbranched alkanes of at least 4 members (excludes halogenated alkanes) is 8. The van der Waals surface area contributed by atoms with E-state index in [1.165, 1.54) is 57.8 Å². The van der Waals surface area contributed by atoms with Crippen LogP contribution in [0.4, 0.5) is 5.69 Å². The van der Waals surface area contributed by atoms with E-state index >= 15 is 0 Å². The SMILES string of the molecule is CCCCCCCC[C@H](SCCCCCC)C(=O)Nc1c(SC)cc(C)nc1SC. The minimum Gasteiger partial charge on any atom is -0.322 e. The van der Waals surface area contributed by atoms with Gasteiger partial charge in [-0.05, 0) is 44.1 Å². The number of aromatic nitrogens is 1. The molecule has 1 amide bonds. The molecule has 1 aromatic rings. The highest BCUT2D eigenvalue weighted by Crippen LogP contribution is 2.34. The lowest BCUT2D eigenvalue weighted by Gasteiger charge is -2.19. The molecule has 0 saturated heterocycles. The van der Waals surface area contributed by atoms with Gasteiger partial charge in [-0.1, -0.05) is 71.6 Å².